The van der Waals surface area contributed by atoms with Gasteiger partial charge < -0.3 is 25.3 Å². The number of ether oxygens (including phenoxy) is 3. The predicted molar refractivity (Wildman–Crippen MR) is 135 cm³/mol. The van der Waals surface area contributed by atoms with Crippen molar-refractivity contribution in [1.82, 2.24) is 14.5 Å². The number of benzene rings is 1. The number of halogens is 1. The Balaban J connectivity index is 0.00000324. The number of carbonyl (C=O) groups is 1. The van der Waals surface area contributed by atoms with Crippen LogP contribution in [0.1, 0.15) is 28.9 Å². The lowest BCUT2D eigenvalue weighted by atomic mass is 10.1. The number of nitrogens with one attached hydrogen (secondary N) is 1. The van der Waals surface area contributed by atoms with Gasteiger partial charge in [0.25, 0.3) is 0 Å². The Morgan fingerprint density at radius 1 is 1.21 bits per heavy atom. The van der Waals surface area contributed by atoms with Crippen molar-refractivity contribution in [3.05, 3.63) is 58.5 Å². The Morgan fingerprint density at radius 2 is 1.97 bits per heavy atom. The second-order valence-corrected chi connectivity index (χ2v) is 7.92. The Hall–Kier alpha value is -3.34. The Kier molecular flexibility index (Phi) is 8.32. The number of fused-ring (bicyclic) bond motifs is 1. The molecule has 0 saturated heterocycles. The minimum Gasteiger partial charge on any atom is -0.493 e. The molecule has 0 aliphatic carbocycles. The molecule has 4 aromatic rings. The van der Waals surface area contributed by atoms with Gasteiger partial charge >= 0.3 is 5.97 Å². The van der Waals surface area contributed by atoms with Crippen LogP contribution in [0, 0.1) is 0 Å². The van der Waals surface area contributed by atoms with Gasteiger partial charge in [0, 0.05) is 24.7 Å². The molecule has 0 fully saturated rings. The fourth-order valence-electron chi connectivity index (χ4n) is 3.42. The maximum Gasteiger partial charge on any atom is 0.341 e. The molecule has 34 heavy (non-hydrogen) atoms. The topological polar surface area (TPSA) is 114 Å². The zero-order valence-electron chi connectivity index (χ0n) is 19.0. The van der Waals surface area contributed by atoms with Crippen LogP contribution in [-0.2, 0) is 4.74 Å². The van der Waals surface area contributed by atoms with Crippen molar-refractivity contribution in [2.24, 2.45) is 5.73 Å². The van der Waals surface area contributed by atoms with E-state index < -0.39 is 5.97 Å². The number of pyridine rings is 1. The summed E-state index contributed by atoms with van der Waals surface area (Å²) in [5, 5.41) is 7.20. The van der Waals surface area contributed by atoms with E-state index in [0.29, 0.717) is 35.2 Å². The van der Waals surface area contributed by atoms with E-state index in [1.807, 2.05) is 27.5 Å². The van der Waals surface area contributed by atoms with Gasteiger partial charge in [0.15, 0.2) is 11.5 Å². The SMILES string of the molecule is CCOC(=O)c1ccc(-n2cnc3cc(OC)c(OC)cc32)nc1NC[C@H](N)c1ccsc1.Cl. The molecule has 3 N–H and O–H groups in total. The van der Waals surface area contributed by atoms with Crippen LogP contribution in [0.4, 0.5) is 5.82 Å². The summed E-state index contributed by atoms with van der Waals surface area (Å²) in [4.78, 5) is 21.7. The van der Waals surface area contributed by atoms with Crippen LogP contribution in [-0.4, -0.2) is 47.9 Å². The molecule has 0 amide bonds. The van der Waals surface area contributed by atoms with Gasteiger partial charge in [-0.15, -0.1) is 12.4 Å². The molecule has 0 unspecified atom stereocenters. The normalized spacial score (nSPS) is 11.5. The van der Waals surface area contributed by atoms with Crippen LogP contribution in [0.3, 0.4) is 0 Å². The third kappa shape index (κ3) is 5.09. The Morgan fingerprint density at radius 3 is 2.65 bits per heavy atom. The summed E-state index contributed by atoms with van der Waals surface area (Å²) >= 11 is 1.58. The lowest BCUT2D eigenvalue weighted by Crippen LogP contribution is -2.22. The van der Waals surface area contributed by atoms with Gasteiger partial charge in [-0.3, -0.25) is 4.57 Å². The molecule has 180 valence electrons. The number of methoxy groups -OCH3 is 2. The molecule has 11 heteroatoms. The fourth-order valence-corrected chi connectivity index (χ4v) is 4.15. The zero-order chi connectivity index (χ0) is 23.4. The van der Waals surface area contributed by atoms with Gasteiger partial charge in [-0.05, 0) is 41.4 Å². The van der Waals surface area contributed by atoms with Crippen molar-refractivity contribution < 1.29 is 19.0 Å². The molecule has 0 saturated carbocycles. The summed E-state index contributed by atoms with van der Waals surface area (Å²) in [5.41, 5.74) is 9.15. The van der Waals surface area contributed by atoms with E-state index in [1.165, 1.54) is 0 Å². The summed E-state index contributed by atoms with van der Waals surface area (Å²) in [6.45, 7) is 2.43. The van der Waals surface area contributed by atoms with Crippen LogP contribution in [0.25, 0.3) is 16.9 Å². The van der Waals surface area contributed by atoms with Crippen molar-refractivity contribution in [2.45, 2.75) is 13.0 Å². The summed E-state index contributed by atoms with van der Waals surface area (Å²) < 4.78 is 17.8. The fraction of sp³-hybridized carbons (Fsp3) is 0.261. The van der Waals surface area contributed by atoms with E-state index in [0.717, 1.165) is 16.6 Å². The van der Waals surface area contributed by atoms with Crippen LogP contribution in [0.15, 0.2) is 47.4 Å². The maximum absolute atomic E-state index is 12.5. The van der Waals surface area contributed by atoms with E-state index in [9.17, 15) is 4.79 Å². The number of anilines is 1. The van der Waals surface area contributed by atoms with E-state index in [1.54, 1.807) is 57.0 Å². The quantitative estimate of drug-likeness (QED) is 0.326. The highest BCUT2D eigenvalue weighted by molar-refractivity contribution is 7.08. The largest absolute Gasteiger partial charge is 0.493 e. The van der Waals surface area contributed by atoms with Crippen molar-refractivity contribution in [3.8, 4) is 17.3 Å². The molecule has 0 radical (unpaired) electrons. The van der Waals surface area contributed by atoms with E-state index in [-0.39, 0.29) is 25.1 Å². The molecule has 3 aromatic heterocycles. The summed E-state index contributed by atoms with van der Waals surface area (Å²) in [6.07, 6.45) is 1.66. The Labute approximate surface area is 207 Å². The van der Waals surface area contributed by atoms with Crippen LogP contribution in [0.2, 0.25) is 0 Å². The standard InChI is InChI=1S/C23H25N5O4S.ClH/c1-4-32-23(29)15-5-6-21(27-22(15)25-11-16(24)14-7-8-33-12-14)28-13-26-17-9-19(30-2)20(31-3)10-18(17)28;/h5-10,12-13,16H,4,11,24H2,1-3H3,(H,25,27);1H/t16-;/m0./s1. The zero-order valence-corrected chi connectivity index (χ0v) is 20.6. The number of aromatic nitrogens is 3. The number of thiophene rings is 1. The molecule has 1 aromatic carbocycles. The first-order chi connectivity index (χ1) is 16.0. The summed E-state index contributed by atoms with van der Waals surface area (Å²) in [6, 6.07) is 8.80. The average Bonchev–Trinajstić information content (AvgIpc) is 3.51. The van der Waals surface area contributed by atoms with Gasteiger partial charge in [-0.2, -0.15) is 11.3 Å². The van der Waals surface area contributed by atoms with Gasteiger partial charge in [-0.1, -0.05) is 0 Å². The summed E-state index contributed by atoms with van der Waals surface area (Å²) in [7, 11) is 3.16. The van der Waals surface area contributed by atoms with E-state index in [4.69, 9.17) is 24.9 Å². The molecule has 9 nitrogen and oxygen atoms in total. The average molecular weight is 504 g/mol. The molecule has 0 aliphatic heterocycles. The molecule has 0 aliphatic rings. The molecule has 0 bridgehead atoms. The van der Waals surface area contributed by atoms with Crippen LogP contribution >= 0.6 is 23.7 Å². The van der Waals surface area contributed by atoms with Crippen molar-refractivity contribution in [2.75, 3.05) is 32.7 Å². The molecule has 4 rings (SSSR count). The monoisotopic (exact) mass is 503 g/mol. The highest BCUT2D eigenvalue weighted by Gasteiger charge is 2.18. The van der Waals surface area contributed by atoms with Crippen LogP contribution < -0.4 is 20.5 Å². The molecule has 1 atom stereocenters. The second-order valence-electron chi connectivity index (χ2n) is 7.14. The Bertz CT molecular complexity index is 1260. The highest BCUT2D eigenvalue weighted by Crippen LogP contribution is 2.32. The number of nitrogens with two attached hydrogens (primary N) is 1. The number of hydrogen-bond donors (Lipinski definition) is 2. The molecule has 0 spiro atoms. The van der Waals surface area contributed by atoms with Crippen molar-refractivity contribution in [3.63, 3.8) is 0 Å². The lowest BCUT2D eigenvalue weighted by Gasteiger charge is -2.16. The number of imidazole rings is 1. The first-order valence-electron chi connectivity index (χ1n) is 10.3. The van der Waals surface area contributed by atoms with E-state index >= 15 is 0 Å². The van der Waals surface area contributed by atoms with Crippen molar-refractivity contribution >= 4 is 46.6 Å². The maximum atomic E-state index is 12.5. The van der Waals surface area contributed by atoms with Crippen LogP contribution in [0.5, 0.6) is 11.5 Å². The smallest absolute Gasteiger partial charge is 0.341 e. The van der Waals surface area contributed by atoms with Gasteiger partial charge in [0.2, 0.25) is 0 Å². The molecular weight excluding hydrogens is 478 g/mol. The van der Waals surface area contributed by atoms with Gasteiger partial charge in [0.1, 0.15) is 23.5 Å². The summed E-state index contributed by atoms with van der Waals surface area (Å²) in [5.74, 6) is 1.67. The molecular formula is C23H26ClN5O4S. The van der Waals surface area contributed by atoms with Gasteiger partial charge in [0.05, 0.1) is 31.9 Å². The van der Waals surface area contributed by atoms with Crippen molar-refractivity contribution in [1.29, 1.82) is 0 Å². The first kappa shape index (κ1) is 25.3. The first-order valence-corrected chi connectivity index (χ1v) is 11.3. The predicted octanol–water partition coefficient (Wildman–Crippen LogP) is 4.21. The number of hydrogen-bond acceptors (Lipinski definition) is 9. The second kappa shape index (κ2) is 11.2. The third-order valence-corrected chi connectivity index (χ3v) is 5.84. The minimum absolute atomic E-state index is 0. The number of rotatable bonds is 9. The number of carbonyl (C=O) groups excluding carboxylic acids is 1. The van der Waals surface area contributed by atoms with E-state index in [2.05, 4.69) is 10.3 Å². The number of nitrogens with zero attached hydrogens (tertiary/aromatic N) is 3. The minimum atomic E-state index is -0.454. The molecule has 3 heterocycles. The van der Waals surface area contributed by atoms with Gasteiger partial charge in [-0.25, -0.2) is 14.8 Å². The lowest BCUT2D eigenvalue weighted by molar-refractivity contribution is 0.0527. The highest BCUT2D eigenvalue weighted by atomic mass is 35.5. The third-order valence-electron chi connectivity index (χ3n) is 5.14. The number of esters is 1.